The van der Waals surface area contributed by atoms with Crippen LogP contribution >= 0.6 is 0 Å². The second kappa shape index (κ2) is 26.0. The number of carboxylic acid groups (broad SMARTS) is 3. The highest BCUT2D eigenvalue weighted by Gasteiger charge is 2.39. The van der Waals surface area contributed by atoms with E-state index in [1.807, 2.05) is 0 Å². The molecule has 1 saturated heterocycles. The van der Waals surface area contributed by atoms with Gasteiger partial charge in [-0.05, 0) is 31.2 Å². The Morgan fingerprint density at radius 1 is 0.600 bits per heavy atom. The van der Waals surface area contributed by atoms with Crippen molar-refractivity contribution in [2.24, 2.45) is 22.9 Å². The molecule has 1 aromatic rings. The first-order valence-corrected chi connectivity index (χ1v) is 19.9. The number of aliphatic carboxylic acids is 3. The van der Waals surface area contributed by atoms with Crippen molar-refractivity contribution < 1.29 is 77.6 Å². The zero-order valence-electron chi connectivity index (χ0n) is 34.8. The molecule has 1 aliphatic heterocycles. The molecule has 1 fully saturated rings. The van der Waals surface area contributed by atoms with E-state index in [9.17, 15) is 77.6 Å². The maximum Gasteiger partial charge on any atom is 0.326 e. The highest BCUT2D eigenvalue weighted by molar-refractivity contribution is 5.99. The van der Waals surface area contributed by atoms with Gasteiger partial charge in [0, 0.05) is 25.8 Å². The van der Waals surface area contributed by atoms with Gasteiger partial charge < -0.3 is 75.1 Å². The first-order chi connectivity index (χ1) is 30.5. The van der Waals surface area contributed by atoms with Gasteiger partial charge in [-0.2, -0.15) is 0 Å². The van der Waals surface area contributed by atoms with Crippen LogP contribution in [0.25, 0.3) is 0 Å². The second-order valence-corrected chi connectivity index (χ2v) is 14.8. The molecule has 1 aliphatic rings. The zero-order valence-corrected chi connectivity index (χ0v) is 34.8. The number of nitrogens with one attached hydrogen (secondary N) is 6. The van der Waals surface area contributed by atoms with Crippen LogP contribution in [0.15, 0.2) is 30.3 Å². The molecule has 0 saturated carbocycles. The first-order valence-electron chi connectivity index (χ1n) is 19.9. The molecule has 2 rings (SSSR count). The fourth-order valence-corrected chi connectivity index (χ4v) is 6.36. The number of hydrogen-bond acceptors (Lipinski definition) is 14. The Labute approximate surface area is 369 Å². The van der Waals surface area contributed by atoms with Crippen molar-refractivity contribution in [3.63, 3.8) is 0 Å². The van der Waals surface area contributed by atoms with Crippen molar-refractivity contribution in [3.8, 4) is 0 Å². The summed E-state index contributed by atoms with van der Waals surface area (Å²) >= 11 is 0. The molecule has 0 aromatic heterocycles. The van der Waals surface area contributed by atoms with E-state index in [1.165, 1.54) is 0 Å². The van der Waals surface area contributed by atoms with E-state index in [2.05, 4.69) is 31.9 Å². The summed E-state index contributed by atoms with van der Waals surface area (Å²) in [6.07, 6.45) is -4.63. The topological polar surface area (TPSA) is 462 Å². The molecule has 0 radical (unpaired) electrons. The number of primary amides is 3. The van der Waals surface area contributed by atoms with Crippen LogP contribution in [0.3, 0.4) is 0 Å². The Hall–Kier alpha value is -7.71. The molecule has 1 heterocycles. The normalized spacial score (nSPS) is 15.8. The summed E-state index contributed by atoms with van der Waals surface area (Å²) < 4.78 is 0. The van der Waals surface area contributed by atoms with Gasteiger partial charge in [-0.15, -0.1) is 0 Å². The van der Waals surface area contributed by atoms with E-state index in [0.29, 0.717) is 12.0 Å². The Morgan fingerprint density at radius 2 is 1.14 bits per heavy atom. The average Bonchev–Trinajstić information content (AvgIpc) is 3.72. The second-order valence-electron chi connectivity index (χ2n) is 14.8. The quantitative estimate of drug-likeness (QED) is 0.0372. The van der Waals surface area contributed by atoms with Gasteiger partial charge in [-0.25, -0.2) is 4.79 Å². The van der Waals surface area contributed by atoms with Crippen molar-refractivity contribution in [1.82, 2.24) is 36.8 Å². The van der Waals surface area contributed by atoms with Crippen LogP contribution in [0.4, 0.5) is 0 Å². The fraction of sp³-hybridized carbons (Fsp3) is 0.500. The molecular weight excluding hydrogens is 866 g/mol. The number of nitrogens with zero attached hydrogens (tertiary/aromatic N) is 1. The number of carboxylic acids is 3. The highest BCUT2D eigenvalue weighted by Crippen LogP contribution is 2.19. The average molecular weight is 920 g/mol. The SMILES string of the molecule is NC(=O)CC[C@H](NC(=O)CNC(=O)[C@H](CCC(=O)O)NC(=O)[C@H](CC(N)=O)NC(=O)[C@@H](N)CC(N)=O)C(=O)N[C@@H](Cc1ccccc1)C(=O)N[C@@H](CC(=O)O)C(=O)N1CCC[C@H]1C(=O)O. The van der Waals surface area contributed by atoms with E-state index in [4.69, 9.17) is 22.9 Å². The van der Waals surface area contributed by atoms with E-state index < -0.39 is 171 Å². The van der Waals surface area contributed by atoms with Crippen molar-refractivity contribution in [2.45, 2.75) is 107 Å². The molecule has 1 aromatic carbocycles. The minimum atomic E-state index is -1.78. The first kappa shape index (κ1) is 53.4. The number of carbonyl (C=O) groups is 13. The fourth-order valence-electron chi connectivity index (χ4n) is 6.36. The van der Waals surface area contributed by atoms with Gasteiger partial charge in [0.1, 0.15) is 36.3 Å². The molecule has 65 heavy (non-hydrogen) atoms. The summed E-state index contributed by atoms with van der Waals surface area (Å²) in [4.78, 5) is 163. The Balaban J connectivity index is 2.30. The van der Waals surface area contributed by atoms with Gasteiger partial charge >= 0.3 is 17.9 Å². The van der Waals surface area contributed by atoms with Gasteiger partial charge in [-0.3, -0.25) is 57.5 Å². The highest BCUT2D eigenvalue weighted by atomic mass is 16.4. The van der Waals surface area contributed by atoms with Crippen LogP contribution in [-0.4, -0.2) is 153 Å². The van der Waals surface area contributed by atoms with Gasteiger partial charge in [0.25, 0.3) is 0 Å². The standard InChI is InChI=1S/C38H53N11O16/c39-19(14-27(41)51)32(58)46-23(15-28(42)52)36(62)45-20(9-11-30(54)55)33(59)43-17-29(53)44-21(8-10-26(40)50)34(60)47-22(13-18-5-2-1-3-6-18)35(61)48-24(16-31(56)57)37(63)49-12-4-7-25(49)38(64)65/h1-3,5-6,19-25H,4,7-17,39H2,(H2,40,50)(H2,41,51)(H2,42,52)(H,43,59)(H,44,53)(H,45,62)(H,46,58)(H,47,60)(H,48,61)(H,54,55)(H,56,57)(H,64,65)/t19-,20-,21-,22-,23-,24-,25-/m0/s1. The number of likely N-dealkylation sites (tertiary alicyclic amines) is 1. The molecule has 10 amide bonds. The Bertz CT molecular complexity index is 1980. The molecular formula is C38H53N11O16. The number of hydrogen-bond donors (Lipinski definition) is 13. The molecule has 356 valence electrons. The van der Waals surface area contributed by atoms with Crippen molar-refractivity contribution in [2.75, 3.05) is 13.1 Å². The van der Waals surface area contributed by atoms with Crippen molar-refractivity contribution >= 4 is 77.0 Å². The minimum absolute atomic E-state index is 0.0290. The summed E-state index contributed by atoms with van der Waals surface area (Å²) in [5, 5.41) is 41.7. The van der Waals surface area contributed by atoms with Crippen LogP contribution in [0.1, 0.15) is 63.4 Å². The van der Waals surface area contributed by atoms with E-state index >= 15 is 0 Å². The Morgan fingerprint density at radius 3 is 1.71 bits per heavy atom. The molecule has 0 unspecified atom stereocenters. The van der Waals surface area contributed by atoms with E-state index in [1.54, 1.807) is 30.3 Å². The maximum absolute atomic E-state index is 13.8. The number of nitrogens with two attached hydrogens (primary N) is 4. The van der Waals surface area contributed by atoms with Gasteiger partial charge in [0.05, 0.1) is 31.8 Å². The van der Waals surface area contributed by atoms with Crippen LogP contribution in [-0.2, 0) is 68.7 Å². The zero-order chi connectivity index (χ0) is 49.0. The lowest BCUT2D eigenvalue weighted by Gasteiger charge is -2.28. The van der Waals surface area contributed by atoms with E-state index in [0.717, 1.165) is 4.90 Å². The summed E-state index contributed by atoms with van der Waals surface area (Å²) in [6.45, 7) is -0.985. The monoisotopic (exact) mass is 919 g/mol. The lowest BCUT2D eigenvalue weighted by Crippen LogP contribution is -2.59. The molecule has 7 atom stereocenters. The lowest BCUT2D eigenvalue weighted by molar-refractivity contribution is -0.150. The third kappa shape index (κ3) is 19.1. The van der Waals surface area contributed by atoms with Gasteiger partial charge in [-0.1, -0.05) is 30.3 Å². The van der Waals surface area contributed by atoms with Crippen LogP contribution in [0.2, 0.25) is 0 Å². The van der Waals surface area contributed by atoms with Gasteiger partial charge in [0.15, 0.2) is 0 Å². The number of rotatable bonds is 28. The smallest absolute Gasteiger partial charge is 0.326 e. The summed E-state index contributed by atoms with van der Waals surface area (Å²) in [6, 6.07) is -3.35. The van der Waals surface area contributed by atoms with Crippen LogP contribution in [0.5, 0.6) is 0 Å². The third-order valence-corrected chi connectivity index (χ3v) is 9.56. The lowest BCUT2D eigenvalue weighted by atomic mass is 10.0. The largest absolute Gasteiger partial charge is 0.481 e. The Kier molecular flexibility index (Phi) is 21.4. The number of amides is 10. The predicted octanol–water partition coefficient (Wildman–Crippen LogP) is -6.47. The molecule has 0 bridgehead atoms. The van der Waals surface area contributed by atoms with Crippen molar-refractivity contribution in [1.29, 1.82) is 0 Å². The summed E-state index contributed by atoms with van der Waals surface area (Å²) in [7, 11) is 0. The molecule has 27 nitrogen and oxygen atoms in total. The van der Waals surface area contributed by atoms with E-state index in [-0.39, 0.29) is 19.4 Å². The minimum Gasteiger partial charge on any atom is -0.481 e. The van der Waals surface area contributed by atoms with Crippen LogP contribution in [0, 0.1) is 0 Å². The summed E-state index contributed by atoms with van der Waals surface area (Å²) in [5.74, 6) is -15.1. The number of carbonyl (C=O) groups excluding carboxylic acids is 10. The summed E-state index contributed by atoms with van der Waals surface area (Å²) in [5.41, 5.74) is 21.5. The third-order valence-electron chi connectivity index (χ3n) is 9.56. The maximum atomic E-state index is 13.8. The van der Waals surface area contributed by atoms with Gasteiger partial charge in [0.2, 0.25) is 59.1 Å². The predicted molar refractivity (Wildman–Crippen MR) is 218 cm³/mol. The van der Waals surface area contributed by atoms with Crippen molar-refractivity contribution in [3.05, 3.63) is 35.9 Å². The molecule has 0 aliphatic carbocycles. The molecule has 0 spiro atoms. The molecule has 17 N–H and O–H groups in total. The molecule has 27 heteroatoms. The number of benzene rings is 1. The van der Waals surface area contributed by atoms with Crippen LogP contribution < -0.4 is 54.8 Å².